The van der Waals surface area contributed by atoms with E-state index in [-0.39, 0.29) is 5.92 Å². The molecule has 1 atom stereocenters. The van der Waals surface area contributed by atoms with Gasteiger partial charge in [-0.3, -0.25) is 4.79 Å². The second-order valence-corrected chi connectivity index (χ2v) is 4.73. The molecule has 0 spiro atoms. The highest BCUT2D eigenvalue weighted by Gasteiger charge is 2.11. The van der Waals surface area contributed by atoms with E-state index in [4.69, 9.17) is 16.7 Å². The van der Waals surface area contributed by atoms with Crippen LogP contribution in [-0.2, 0) is 17.6 Å². The summed E-state index contributed by atoms with van der Waals surface area (Å²) in [4.78, 5) is 14.7. The van der Waals surface area contributed by atoms with Gasteiger partial charge in [-0.25, -0.2) is 4.98 Å². The Labute approximate surface area is 97.6 Å². The Morgan fingerprint density at radius 2 is 2.47 bits per heavy atom. The Bertz CT molecular complexity index is 354. The molecule has 0 saturated heterocycles. The molecule has 0 bridgehead atoms. The van der Waals surface area contributed by atoms with Crippen molar-refractivity contribution < 1.29 is 9.90 Å². The normalized spacial score (nSPS) is 12.7. The fourth-order valence-corrected chi connectivity index (χ4v) is 2.17. The first-order valence-corrected chi connectivity index (χ1v) is 6.02. The molecule has 1 unspecified atom stereocenters. The molecule has 0 aliphatic heterocycles. The standard InChI is InChI=1S/C9H13ClN2O2S/c1-6(9(13)14)4-15-5-8-11-3-7(10)12(8)2/h3,6H,4-5H2,1-2H3,(H,13,14). The van der Waals surface area contributed by atoms with Crippen LogP contribution in [0.25, 0.3) is 0 Å². The van der Waals surface area contributed by atoms with Gasteiger partial charge in [0, 0.05) is 12.8 Å². The fraction of sp³-hybridized carbons (Fsp3) is 0.556. The first-order valence-electron chi connectivity index (χ1n) is 4.49. The van der Waals surface area contributed by atoms with Crippen molar-refractivity contribution in [3.05, 3.63) is 17.2 Å². The van der Waals surface area contributed by atoms with Crippen molar-refractivity contribution in [1.82, 2.24) is 9.55 Å². The van der Waals surface area contributed by atoms with E-state index >= 15 is 0 Å². The molecule has 0 fully saturated rings. The van der Waals surface area contributed by atoms with Gasteiger partial charge in [-0.05, 0) is 0 Å². The van der Waals surface area contributed by atoms with E-state index in [1.54, 1.807) is 29.4 Å². The minimum atomic E-state index is -0.764. The van der Waals surface area contributed by atoms with E-state index in [1.807, 2.05) is 7.05 Å². The lowest BCUT2D eigenvalue weighted by molar-refractivity contribution is -0.140. The number of aliphatic carboxylic acids is 1. The van der Waals surface area contributed by atoms with E-state index in [0.29, 0.717) is 16.7 Å². The van der Waals surface area contributed by atoms with E-state index < -0.39 is 5.97 Å². The topological polar surface area (TPSA) is 55.1 Å². The summed E-state index contributed by atoms with van der Waals surface area (Å²) in [7, 11) is 1.84. The van der Waals surface area contributed by atoms with Gasteiger partial charge in [0.25, 0.3) is 0 Å². The summed E-state index contributed by atoms with van der Waals surface area (Å²) in [5, 5.41) is 9.28. The van der Waals surface area contributed by atoms with Gasteiger partial charge in [0.15, 0.2) is 0 Å². The van der Waals surface area contributed by atoms with Crippen molar-refractivity contribution in [2.75, 3.05) is 5.75 Å². The number of carboxylic acids is 1. The molecule has 1 heterocycles. The molecule has 1 rings (SSSR count). The van der Waals surface area contributed by atoms with Crippen LogP contribution in [0.2, 0.25) is 5.15 Å². The lowest BCUT2D eigenvalue weighted by Crippen LogP contribution is -2.12. The number of thioether (sulfide) groups is 1. The molecule has 0 aromatic carbocycles. The molecule has 0 amide bonds. The van der Waals surface area contributed by atoms with Crippen molar-refractivity contribution in [2.24, 2.45) is 13.0 Å². The number of carbonyl (C=O) groups is 1. The molecule has 1 aromatic heterocycles. The summed E-state index contributed by atoms with van der Waals surface area (Å²) in [6, 6.07) is 0. The maximum absolute atomic E-state index is 10.6. The quantitative estimate of drug-likeness (QED) is 0.866. The summed E-state index contributed by atoms with van der Waals surface area (Å²) in [6.45, 7) is 1.70. The number of hydrogen-bond donors (Lipinski definition) is 1. The molecule has 1 N–H and O–H groups in total. The van der Waals surface area contributed by atoms with Gasteiger partial charge in [-0.15, -0.1) is 0 Å². The zero-order valence-corrected chi connectivity index (χ0v) is 10.2. The third-order valence-electron chi connectivity index (χ3n) is 2.05. The van der Waals surface area contributed by atoms with Crippen molar-refractivity contribution in [1.29, 1.82) is 0 Å². The Hall–Kier alpha value is -0.680. The predicted molar refractivity (Wildman–Crippen MR) is 61.2 cm³/mol. The Kier molecular flexibility index (Phi) is 4.47. The highest BCUT2D eigenvalue weighted by molar-refractivity contribution is 7.98. The third-order valence-corrected chi connectivity index (χ3v) is 3.60. The zero-order chi connectivity index (χ0) is 11.4. The van der Waals surface area contributed by atoms with E-state index in [2.05, 4.69) is 4.98 Å². The summed E-state index contributed by atoms with van der Waals surface area (Å²) in [5.41, 5.74) is 0. The summed E-state index contributed by atoms with van der Waals surface area (Å²) in [5.74, 6) is 1.04. The summed E-state index contributed by atoms with van der Waals surface area (Å²) >= 11 is 7.37. The first kappa shape index (κ1) is 12.4. The van der Waals surface area contributed by atoms with Gasteiger partial charge in [0.1, 0.15) is 11.0 Å². The molecular weight excluding hydrogens is 236 g/mol. The predicted octanol–water partition coefficient (Wildman–Crippen LogP) is 2.03. The Morgan fingerprint density at radius 3 is 2.93 bits per heavy atom. The van der Waals surface area contributed by atoms with Crippen LogP contribution in [0.15, 0.2) is 6.20 Å². The van der Waals surface area contributed by atoms with Gasteiger partial charge >= 0.3 is 5.97 Å². The molecule has 0 aliphatic rings. The van der Waals surface area contributed by atoms with E-state index in [1.165, 1.54) is 0 Å². The Morgan fingerprint density at radius 1 is 1.80 bits per heavy atom. The van der Waals surface area contributed by atoms with Gasteiger partial charge in [0.2, 0.25) is 0 Å². The van der Waals surface area contributed by atoms with Crippen molar-refractivity contribution >= 4 is 29.3 Å². The number of rotatable bonds is 5. The SMILES string of the molecule is CC(CSCc1ncc(Cl)n1C)C(=O)O. The number of carboxylic acid groups (broad SMARTS) is 1. The summed E-state index contributed by atoms with van der Waals surface area (Å²) in [6.07, 6.45) is 1.60. The summed E-state index contributed by atoms with van der Waals surface area (Å²) < 4.78 is 1.79. The number of aromatic nitrogens is 2. The molecule has 84 valence electrons. The average molecular weight is 249 g/mol. The Balaban J connectivity index is 2.38. The highest BCUT2D eigenvalue weighted by atomic mass is 35.5. The van der Waals surface area contributed by atoms with Crippen molar-refractivity contribution in [2.45, 2.75) is 12.7 Å². The maximum Gasteiger partial charge on any atom is 0.307 e. The molecule has 0 saturated carbocycles. The van der Waals surface area contributed by atoms with Crippen LogP contribution in [0.3, 0.4) is 0 Å². The van der Waals surface area contributed by atoms with Crippen LogP contribution in [0.5, 0.6) is 0 Å². The van der Waals surface area contributed by atoms with Gasteiger partial charge in [-0.2, -0.15) is 11.8 Å². The van der Waals surface area contributed by atoms with Gasteiger partial charge < -0.3 is 9.67 Å². The van der Waals surface area contributed by atoms with Crippen LogP contribution in [0, 0.1) is 5.92 Å². The molecule has 4 nitrogen and oxygen atoms in total. The molecule has 15 heavy (non-hydrogen) atoms. The smallest absolute Gasteiger partial charge is 0.307 e. The monoisotopic (exact) mass is 248 g/mol. The van der Waals surface area contributed by atoms with Crippen LogP contribution in [-0.4, -0.2) is 26.4 Å². The van der Waals surface area contributed by atoms with Crippen LogP contribution < -0.4 is 0 Å². The number of imidazole rings is 1. The van der Waals surface area contributed by atoms with Gasteiger partial charge in [-0.1, -0.05) is 18.5 Å². The first-order chi connectivity index (χ1) is 7.02. The number of hydrogen-bond acceptors (Lipinski definition) is 3. The van der Waals surface area contributed by atoms with E-state index in [9.17, 15) is 4.79 Å². The lowest BCUT2D eigenvalue weighted by Gasteiger charge is -2.05. The molecule has 1 aromatic rings. The second kappa shape index (κ2) is 5.42. The number of halogens is 1. The van der Waals surface area contributed by atoms with Crippen LogP contribution in [0.1, 0.15) is 12.7 Å². The highest BCUT2D eigenvalue weighted by Crippen LogP contribution is 2.17. The second-order valence-electron chi connectivity index (χ2n) is 3.31. The molecule has 0 radical (unpaired) electrons. The zero-order valence-electron chi connectivity index (χ0n) is 8.61. The third kappa shape index (κ3) is 3.43. The minimum absolute atomic E-state index is 0.328. The van der Waals surface area contributed by atoms with Crippen LogP contribution >= 0.6 is 23.4 Å². The fourth-order valence-electron chi connectivity index (χ4n) is 0.957. The van der Waals surface area contributed by atoms with Crippen LogP contribution in [0.4, 0.5) is 0 Å². The minimum Gasteiger partial charge on any atom is -0.481 e. The van der Waals surface area contributed by atoms with Crippen molar-refractivity contribution in [3.63, 3.8) is 0 Å². The number of nitrogens with zero attached hydrogens (tertiary/aromatic N) is 2. The molecule has 6 heteroatoms. The molecule has 0 aliphatic carbocycles. The van der Waals surface area contributed by atoms with E-state index in [0.717, 1.165) is 5.82 Å². The average Bonchev–Trinajstić information content (AvgIpc) is 2.49. The largest absolute Gasteiger partial charge is 0.481 e. The van der Waals surface area contributed by atoms with Gasteiger partial charge in [0.05, 0.1) is 17.9 Å². The molecular formula is C9H13ClN2O2S. The van der Waals surface area contributed by atoms with Crippen molar-refractivity contribution in [3.8, 4) is 0 Å². The lowest BCUT2D eigenvalue weighted by atomic mass is 10.2. The maximum atomic E-state index is 10.6.